The van der Waals surface area contributed by atoms with E-state index in [0.717, 1.165) is 18.4 Å². The van der Waals surface area contributed by atoms with E-state index in [-0.39, 0.29) is 18.3 Å². The van der Waals surface area contributed by atoms with Gasteiger partial charge in [0.15, 0.2) is 5.82 Å². The Morgan fingerprint density at radius 1 is 1.16 bits per heavy atom. The molecule has 0 spiro atoms. The van der Waals surface area contributed by atoms with Crippen molar-refractivity contribution in [1.29, 1.82) is 0 Å². The number of sulfonamides is 1. The lowest BCUT2D eigenvalue weighted by Gasteiger charge is -2.31. The van der Waals surface area contributed by atoms with Gasteiger partial charge in [0.2, 0.25) is 11.0 Å². The number of carbonyl (C=O) groups is 1. The molecule has 1 atom stereocenters. The molecule has 1 aliphatic heterocycles. The van der Waals surface area contributed by atoms with Crippen LogP contribution < -0.4 is 10.1 Å². The number of benzene rings is 2. The van der Waals surface area contributed by atoms with Gasteiger partial charge in [0, 0.05) is 6.54 Å². The Kier molecular flexibility index (Phi) is 7.06. The van der Waals surface area contributed by atoms with Crippen molar-refractivity contribution in [3.05, 3.63) is 65.8 Å². The molecule has 1 unspecified atom stereocenters. The number of imidazole rings is 1. The van der Waals surface area contributed by atoms with Gasteiger partial charge < -0.3 is 24.7 Å². The molecule has 37 heavy (non-hydrogen) atoms. The Labute approximate surface area is 212 Å². The van der Waals surface area contributed by atoms with E-state index in [2.05, 4.69) is 25.4 Å². The van der Waals surface area contributed by atoms with Crippen molar-refractivity contribution < 1.29 is 27.6 Å². The van der Waals surface area contributed by atoms with Crippen LogP contribution in [0, 0.1) is 0 Å². The Hall–Kier alpha value is -3.97. The minimum absolute atomic E-state index is 0.0923. The number of nitrogens with one attached hydrogen (secondary N) is 2. The van der Waals surface area contributed by atoms with Crippen molar-refractivity contribution in [2.24, 2.45) is 0 Å². The SMILES string of the molecule is O=C(O)NCCOc1ccc(Cc2nc(C3CCCCN3S(=O)(=O)c3nc4ccccc4[nH]3)no2)cc1. The molecule has 3 heterocycles. The van der Waals surface area contributed by atoms with E-state index in [1.807, 2.05) is 24.3 Å². The third kappa shape index (κ3) is 5.57. The van der Waals surface area contributed by atoms with Gasteiger partial charge in [0.05, 0.1) is 30.0 Å². The van der Waals surface area contributed by atoms with Gasteiger partial charge in [-0.15, -0.1) is 0 Å². The normalized spacial score (nSPS) is 16.6. The van der Waals surface area contributed by atoms with Gasteiger partial charge >= 0.3 is 6.09 Å². The Bertz CT molecular complexity index is 1450. The van der Waals surface area contributed by atoms with Crippen molar-refractivity contribution in [2.45, 2.75) is 36.9 Å². The second-order valence-corrected chi connectivity index (χ2v) is 10.4. The number of aromatic nitrogens is 4. The number of H-pyrrole nitrogens is 1. The summed E-state index contributed by atoms with van der Waals surface area (Å²) in [4.78, 5) is 22.2. The number of aromatic amines is 1. The number of hydrogen-bond donors (Lipinski definition) is 3. The average Bonchev–Trinajstić information content (AvgIpc) is 3.55. The number of amides is 1. The zero-order chi connectivity index (χ0) is 25.8. The quantitative estimate of drug-likeness (QED) is 0.278. The molecule has 0 bridgehead atoms. The van der Waals surface area contributed by atoms with E-state index in [1.54, 1.807) is 24.3 Å². The van der Waals surface area contributed by atoms with Gasteiger partial charge in [-0.1, -0.05) is 35.8 Å². The van der Waals surface area contributed by atoms with Crippen LogP contribution in [0.1, 0.15) is 42.6 Å². The number of piperidine rings is 1. The number of ether oxygens (including phenoxy) is 1. The largest absolute Gasteiger partial charge is 0.492 e. The first kappa shape index (κ1) is 24.7. The zero-order valence-corrected chi connectivity index (χ0v) is 20.6. The number of carboxylic acid groups (broad SMARTS) is 1. The predicted molar refractivity (Wildman–Crippen MR) is 132 cm³/mol. The molecule has 1 aliphatic rings. The Morgan fingerprint density at radius 2 is 1.97 bits per heavy atom. The van der Waals surface area contributed by atoms with Gasteiger partial charge in [-0.25, -0.2) is 18.2 Å². The van der Waals surface area contributed by atoms with Crippen molar-refractivity contribution in [1.82, 2.24) is 29.7 Å². The summed E-state index contributed by atoms with van der Waals surface area (Å²) in [6.45, 7) is 0.747. The predicted octanol–water partition coefficient (Wildman–Crippen LogP) is 3.10. The minimum atomic E-state index is -3.90. The lowest BCUT2D eigenvalue weighted by molar-refractivity contribution is 0.191. The molecule has 13 heteroatoms. The number of rotatable bonds is 9. The molecule has 1 saturated heterocycles. The van der Waals surface area contributed by atoms with Gasteiger partial charge in [-0.2, -0.15) is 9.29 Å². The van der Waals surface area contributed by atoms with Crippen LogP contribution in [0.15, 0.2) is 58.2 Å². The van der Waals surface area contributed by atoms with Gasteiger partial charge in [-0.05, 0) is 42.7 Å². The average molecular weight is 527 g/mol. The lowest BCUT2D eigenvalue weighted by atomic mass is 10.0. The monoisotopic (exact) mass is 526 g/mol. The fourth-order valence-corrected chi connectivity index (χ4v) is 5.87. The second kappa shape index (κ2) is 10.6. The van der Waals surface area contributed by atoms with E-state index in [1.165, 1.54) is 4.31 Å². The summed E-state index contributed by atoms with van der Waals surface area (Å²) in [5, 5.41) is 14.8. The van der Waals surface area contributed by atoms with Crippen LogP contribution in [0.25, 0.3) is 11.0 Å². The maximum atomic E-state index is 13.5. The summed E-state index contributed by atoms with van der Waals surface area (Å²) < 4.78 is 39.4. The first-order valence-electron chi connectivity index (χ1n) is 11.9. The topological polar surface area (TPSA) is 164 Å². The maximum absolute atomic E-state index is 13.5. The summed E-state index contributed by atoms with van der Waals surface area (Å²) in [5.74, 6) is 1.32. The third-order valence-electron chi connectivity index (χ3n) is 6.08. The Morgan fingerprint density at radius 3 is 2.76 bits per heavy atom. The molecule has 2 aromatic heterocycles. The van der Waals surface area contributed by atoms with E-state index in [9.17, 15) is 13.2 Å². The van der Waals surface area contributed by atoms with E-state index >= 15 is 0 Å². The molecule has 3 N–H and O–H groups in total. The first-order valence-corrected chi connectivity index (χ1v) is 13.3. The van der Waals surface area contributed by atoms with Gasteiger partial charge in [0.1, 0.15) is 12.4 Å². The highest BCUT2D eigenvalue weighted by Crippen LogP contribution is 2.34. The van der Waals surface area contributed by atoms with Gasteiger partial charge in [0.25, 0.3) is 10.0 Å². The molecule has 4 aromatic rings. The van der Waals surface area contributed by atoms with Crippen LogP contribution in [0.4, 0.5) is 4.79 Å². The Balaban J connectivity index is 1.27. The van der Waals surface area contributed by atoms with Crippen molar-refractivity contribution in [3.63, 3.8) is 0 Å². The smallest absolute Gasteiger partial charge is 0.404 e. The van der Waals surface area contributed by atoms with E-state index < -0.39 is 22.2 Å². The molecule has 5 rings (SSSR count). The molecule has 0 saturated carbocycles. The zero-order valence-electron chi connectivity index (χ0n) is 19.8. The third-order valence-corrected chi connectivity index (χ3v) is 7.82. The van der Waals surface area contributed by atoms with Crippen LogP contribution in [0.2, 0.25) is 0 Å². The molecular weight excluding hydrogens is 500 g/mol. The van der Waals surface area contributed by atoms with Crippen molar-refractivity contribution in [2.75, 3.05) is 19.7 Å². The highest BCUT2D eigenvalue weighted by atomic mass is 32.2. The fourth-order valence-electron chi connectivity index (χ4n) is 4.29. The van der Waals surface area contributed by atoms with Crippen LogP contribution >= 0.6 is 0 Å². The molecule has 194 valence electrons. The summed E-state index contributed by atoms with van der Waals surface area (Å²) in [5.41, 5.74) is 2.15. The first-order chi connectivity index (χ1) is 17.9. The van der Waals surface area contributed by atoms with E-state index in [4.69, 9.17) is 14.4 Å². The molecule has 12 nitrogen and oxygen atoms in total. The van der Waals surface area contributed by atoms with Crippen molar-refractivity contribution in [3.8, 4) is 5.75 Å². The summed E-state index contributed by atoms with van der Waals surface area (Å²) >= 11 is 0. The van der Waals surface area contributed by atoms with Crippen LogP contribution in [0.5, 0.6) is 5.75 Å². The fraction of sp³-hybridized carbons (Fsp3) is 0.333. The molecule has 1 fully saturated rings. The van der Waals surface area contributed by atoms with Gasteiger partial charge in [-0.3, -0.25) is 0 Å². The molecule has 1 amide bonds. The van der Waals surface area contributed by atoms with Crippen LogP contribution in [-0.2, 0) is 16.4 Å². The number of nitrogens with zero attached hydrogens (tertiary/aromatic N) is 4. The van der Waals surface area contributed by atoms with E-state index in [0.29, 0.717) is 47.9 Å². The molecule has 0 radical (unpaired) electrons. The van der Waals surface area contributed by atoms with Crippen LogP contribution in [-0.4, -0.2) is 63.7 Å². The summed E-state index contributed by atoms with van der Waals surface area (Å²) in [7, 11) is -3.90. The molecular formula is C24H26N6O6S. The minimum Gasteiger partial charge on any atom is -0.492 e. The molecule has 2 aromatic carbocycles. The number of para-hydroxylation sites is 2. The highest BCUT2D eigenvalue weighted by Gasteiger charge is 2.38. The molecule has 0 aliphatic carbocycles. The number of hydrogen-bond acceptors (Lipinski definition) is 8. The second-order valence-electron chi connectivity index (χ2n) is 8.63. The van der Waals surface area contributed by atoms with Crippen LogP contribution in [0.3, 0.4) is 0 Å². The standard InChI is InChI=1S/C24H26N6O6S/c31-24(32)25-12-14-35-17-10-8-16(9-11-17)15-21-28-22(29-36-21)20-7-3-4-13-30(20)37(33,34)23-26-18-5-1-2-6-19(18)27-23/h1-2,5-6,8-11,20,25H,3-4,7,12-15H2,(H,26,27)(H,31,32). The lowest BCUT2D eigenvalue weighted by Crippen LogP contribution is -2.39. The number of fused-ring (bicyclic) bond motifs is 1. The highest BCUT2D eigenvalue weighted by molar-refractivity contribution is 7.89. The summed E-state index contributed by atoms with van der Waals surface area (Å²) in [6, 6.07) is 13.9. The summed E-state index contributed by atoms with van der Waals surface area (Å²) in [6.07, 6.45) is 1.45. The van der Waals surface area contributed by atoms with Crippen molar-refractivity contribution >= 4 is 27.1 Å². The maximum Gasteiger partial charge on any atom is 0.404 e.